The molecule has 0 unspecified atom stereocenters. The average Bonchev–Trinajstić information content (AvgIpc) is 3.43. The number of thiazole rings is 1. The van der Waals surface area contributed by atoms with Crippen LogP contribution in [0.3, 0.4) is 0 Å². The molecule has 4 rings (SSSR count). The first-order valence-corrected chi connectivity index (χ1v) is 12.2. The maximum atomic E-state index is 13.0. The SMILES string of the molecule is CCOC(=O)c1c(Nc2ccccc2)sc(C(=O)Nc2ncc(N=Nc3ccc(C)cc3)s2)c1N. The summed E-state index contributed by atoms with van der Waals surface area (Å²) < 4.78 is 5.15. The van der Waals surface area contributed by atoms with E-state index in [0.717, 1.165) is 22.6 Å². The molecule has 0 aliphatic carbocycles. The van der Waals surface area contributed by atoms with Crippen LogP contribution in [0.5, 0.6) is 0 Å². The van der Waals surface area contributed by atoms with Gasteiger partial charge >= 0.3 is 5.97 Å². The Morgan fingerprint density at radius 1 is 1.06 bits per heavy atom. The van der Waals surface area contributed by atoms with Crippen LogP contribution in [-0.4, -0.2) is 23.5 Å². The van der Waals surface area contributed by atoms with E-state index < -0.39 is 11.9 Å². The molecule has 0 atom stereocenters. The minimum absolute atomic E-state index is 0.0419. The second-order valence-corrected chi connectivity index (χ2v) is 9.28. The molecule has 2 aromatic carbocycles. The van der Waals surface area contributed by atoms with Crippen LogP contribution in [0.1, 0.15) is 32.5 Å². The van der Waals surface area contributed by atoms with E-state index in [4.69, 9.17) is 10.5 Å². The van der Waals surface area contributed by atoms with Crippen molar-refractivity contribution in [2.75, 3.05) is 23.0 Å². The zero-order valence-electron chi connectivity index (χ0n) is 18.9. The molecule has 0 saturated heterocycles. The zero-order valence-corrected chi connectivity index (χ0v) is 20.6. The highest BCUT2D eigenvalue weighted by Gasteiger charge is 2.27. The van der Waals surface area contributed by atoms with Crippen LogP contribution < -0.4 is 16.4 Å². The summed E-state index contributed by atoms with van der Waals surface area (Å²) in [5.74, 6) is -1.10. The van der Waals surface area contributed by atoms with Gasteiger partial charge in [0.05, 0.1) is 24.2 Å². The summed E-state index contributed by atoms with van der Waals surface area (Å²) in [6.07, 6.45) is 1.52. The number of carbonyl (C=O) groups excluding carboxylic acids is 2. The van der Waals surface area contributed by atoms with Crippen LogP contribution in [0.25, 0.3) is 0 Å². The van der Waals surface area contributed by atoms with Gasteiger partial charge in [-0.15, -0.1) is 21.6 Å². The van der Waals surface area contributed by atoms with Crippen LogP contribution in [-0.2, 0) is 4.74 Å². The van der Waals surface area contributed by atoms with E-state index >= 15 is 0 Å². The summed E-state index contributed by atoms with van der Waals surface area (Å²) in [7, 11) is 0. The average molecular weight is 507 g/mol. The molecule has 2 aromatic heterocycles. The highest BCUT2D eigenvalue weighted by Crippen LogP contribution is 2.39. The Bertz CT molecular complexity index is 1360. The van der Waals surface area contributed by atoms with E-state index in [1.165, 1.54) is 17.5 Å². The van der Waals surface area contributed by atoms with Crippen molar-refractivity contribution in [2.45, 2.75) is 13.8 Å². The van der Waals surface area contributed by atoms with Crippen molar-refractivity contribution in [1.29, 1.82) is 0 Å². The molecule has 35 heavy (non-hydrogen) atoms. The minimum atomic E-state index is -0.605. The van der Waals surface area contributed by atoms with Crippen molar-refractivity contribution in [1.82, 2.24) is 4.98 Å². The minimum Gasteiger partial charge on any atom is -0.462 e. The number of esters is 1. The molecular formula is C24H22N6O3S2. The number of nitrogen functional groups attached to an aromatic ring is 1. The first-order chi connectivity index (χ1) is 16.9. The molecule has 178 valence electrons. The van der Waals surface area contributed by atoms with Gasteiger partial charge in [0.2, 0.25) is 0 Å². The van der Waals surface area contributed by atoms with Crippen molar-refractivity contribution < 1.29 is 14.3 Å². The highest BCUT2D eigenvalue weighted by atomic mass is 32.1. The number of benzene rings is 2. The van der Waals surface area contributed by atoms with Gasteiger partial charge in [-0.1, -0.05) is 47.2 Å². The normalized spacial score (nSPS) is 10.9. The molecule has 2 heterocycles. The molecule has 9 nitrogen and oxygen atoms in total. The van der Waals surface area contributed by atoms with Crippen molar-refractivity contribution in [3.8, 4) is 0 Å². The Morgan fingerprint density at radius 3 is 2.51 bits per heavy atom. The topological polar surface area (TPSA) is 131 Å². The number of anilines is 4. The van der Waals surface area contributed by atoms with Crippen LogP contribution in [0.4, 0.5) is 32.2 Å². The molecular weight excluding hydrogens is 484 g/mol. The molecule has 11 heteroatoms. The summed E-state index contributed by atoms with van der Waals surface area (Å²) in [5.41, 5.74) is 8.99. The molecule has 4 aromatic rings. The number of thiophene rings is 1. The number of amides is 1. The number of hydrogen-bond donors (Lipinski definition) is 3. The molecule has 4 N–H and O–H groups in total. The van der Waals surface area contributed by atoms with Crippen molar-refractivity contribution >= 4 is 66.7 Å². The molecule has 0 spiro atoms. The fourth-order valence-corrected chi connectivity index (χ4v) is 4.66. The number of nitrogens with zero attached hydrogens (tertiary/aromatic N) is 3. The van der Waals surface area contributed by atoms with E-state index in [0.29, 0.717) is 20.8 Å². The fourth-order valence-electron chi connectivity index (χ4n) is 3.00. The molecule has 0 fully saturated rings. The van der Waals surface area contributed by atoms with Crippen LogP contribution >= 0.6 is 22.7 Å². The molecule has 0 aliphatic heterocycles. The maximum absolute atomic E-state index is 13.0. The molecule has 0 aliphatic rings. The summed E-state index contributed by atoms with van der Waals surface area (Å²) in [6, 6.07) is 16.9. The molecule has 0 bridgehead atoms. The van der Waals surface area contributed by atoms with Crippen molar-refractivity contribution in [3.63, 3.8) is 0 Å². The first-order valence-electron chi connectivity index (χ1n) is 10.6. The Morgan fingerprint density at radius 2 is 1.80 bits per heavy atom. The number of hydrogen-bond acceptors (Lipinski definition) is 10. The van der Waals surface area contributed by atoms with E-state index in [1.54, 1.807) is 6.92 Å². The molecule has 0 radical (unpaired) electrons. The number of nitrogens with one attached hydrogen (secondary N) is 2. The smallest absolute Gasteiger partial charge is 0.343 e. The predicted octanol–water partition coefficient (Wildman–Crippen LogP) is 6.68. The van der Waals surface area contributed by atoms with Gasteiger partial charge in [-0.3, -0.25) is 10.1 Å². The van der Waals surface area contributed by atoms with Crippen LogP contribution in [0, 0.1) is 6.92 Å². The maximum Gasteiger partial charge on any atom is 0.343 e. The Balaban J connectivity index is 1.53. The lowest BCUT2D eigenvalue weighted by molar-refractivity contribution is 0.0529. The van der Waals surface area contributed by atoms with Gasteiger partial charge in [0.1, 0.15) is 15.4 Å². The van der Waals surface area contributed by atoms with Gasteiger partial charge in [0.15, 0.2) is 10.1 Å². The van der Waals surface area contributed by atoms with Gasteiger partial charge in [-0.25, -0.2) is 9.78 Å². The molecule has 1 amide bonds. The second kappa shape index (κ2) is 10.9. The third-order valence-electron chi connectivity index (χ3n) is 4.67. The van der Waals surface area contributed by atoms with Gasteiger partial charge in [-0.2, -0.15) is 0 Å². The largest absolute Gasteiger partial charge is 0.462 e. The summed E-state index contributed by atoms with van der Waals surface area (Å²) in [6.45, 7) is 3.88. The highest BCUT2D eigenvalue weighted by molar-refractivity contribution is 7.20. The summed E-state index contributed by atoms with van der Waals surface area (Å²) >= 11 is 2.23. The van der Waals surface area contributed by atoms with E-state index in [-0.39, 0.29) is 22.7 Å². The van der Waals surface area contributed by atoms with E-state index in [1.807, 2.05) is 61.5 Å². The standard InChI is InChI=1S/C24H22N6O3S2/c1-3-33-23(32)18-19(25)20(35-22(18)27-15-7-5-4-6-8-15)21(31)28-24-26-13-17(34-24)30-29-16-11-9-14(2)10-12-16/h4-13,27H,3,25H2,1-2H3,(H,26,28,31). The lowest BCUT2D eigenvalue weighted by atomic mass is 10.2. The lowest BCUT2D eigenvalue weighted by Gasteiger charge is -2.07. The van der Waals surface area contributed by atoms with Gasteiger partial charge in [0, 0.05) is 5.69 Å². The lowest BCUT2D eigenvalue weighted by Crippen LogP contribution is -2.13. The number of aromatic nitrogens is 1. The van der Waals surface area contributed by atoms with Crippen LogP contribution in [0.2, 0.25) is 0 Å². The third kappa shape index (κ3) is 5.89. The first kappa shape index (κ1) is 24.0. The van der Waals surface area contributed by atoms with Crippen molar-refractivity contribution in [2.24, 2.45) is 10.2 Å². The number of para-hydroxylation sites is 1. The van der Waals surface area contributed by atoms with E-state index in [9.17, 15) is 9.59 Å². The summed E-state index contributed by atoms with van der Waals surface area (Å²) in [5, 5.41) is 15.5. The van der Waals surface area contributed by atoms with Gasteiger partial charge in [-0.05, 0) is 38.1 Å². The summed E-state index contributed by atoms with van der Waals surface area (Å²) in [4.78, 5) is 29.9. The number of ether oxygens (including phenoxy) is 1. The number of aryl methyl sites for hydroxylation is 1. The number of nitrogens with two attached hydrogens (primary N) is 1. The third-order valence-corrected chi connectivity index (χ3v) is 6.59. The predicted molar refractivity (Wildman–Crippen MR) is 140 cm³/mol. The zero-order chi connectivity index (χ0) is 24.8. The Hall–Kier alpha value is -4.09. The van der Waals surface area contributed by atoms with Crippen molar-refractivity contribution in [3.05, 3.63) is 76.8 Å². The molecule has 0 saturated carbocycles. The Kier molecular flexibility index (Phi) is 7.48. The monoisotopic (exact) mass is 506 g/mol. The number of azo groups is 1. The van der Waals surface area contributed by atoms with Gasteiger partial charge < -0.3 is 15.8 Å². The van der Waals surface area contributed by atoms with Crippen LogP contribution in [0.15, 0.2) is 71.0 Å². The Labute approximate surface area is 209 Å². The number of carbonyl (C=O) groups is 2. The quantitative estimate of drug-likeness (QED) is 0.180. The van der Waals surface area contributed by atoms with Gasteiger partial charge in [0.25, 0.3) is 5.91 Å². The fraction of sp³-hybridized carbons (Fsp3) is 0.125. The van der Waals surface area contributed by atoms with E-state index in [2.05, 4.69) is 25.8 Å². The number of rotatable bonds is 8. The second-order valence-electron chi connectivity index (χ2n) is 7.25.